The highest BCUT2D eigenvalue weighted by atomic mass is 16.6. The van der Waals surface area contributed by atoms with Gasteiger partial charge in [0, 0.05) is 36.5 Å². The van der Waals surface area contributed by atoms with Gasteiger partial charge < -0.3 is 31.3 Å². The lowest BCUT2D eigenvalue weighted by Crippen LogP contribution is -2.46. The standard InChI is InChI=1S/C25H37N7O2/c1-25(2,3)34-24(33)30-19-12-14-32(15-13-19)20-10-8-18(9-11-20)29-23-27-16-21(26)22(31-23)28-17-6-4-5-7-17/h8-11,16-17,19H,4-7,12-15,26H2,1-3H3,(H,30,33)(H2,27,28,29,31). The second-order valence-corrected chi connectivity index (χ2v) is 10.2. The molecule has 9 nitrogen and oxygen atoms in total. The van der Waals surface area contributed by atoms with Crippen LogP contribution in [0.5, 0.6) is 0 Å². The third-order valence-electron chi connectivity index (χ3n) is 6.22. The molecule has 0 bridgehead atoms. The molecule has 1 aromatic heterocycles. The van der Waals surface area contributed by atoms with Crippen molar-refractivity contribution in [2.45, 2.75) is 77.0 Å². The molecule has 184 valence electrons. The largest absolute Gasteiger partial charge is 0.444 e. The van der Waals surface area contributed by atoms with E-state index in [0.29, 0.717) is 23.5 Å². The van der Waals surface area contributed by atoms with Crippen molar-refractivity contribution >= 4 is 34.9 Å². The highest BCUT2D eigenvalue weighted by Gasteiger charge is 2.24. The van der Waals surface area contributed by atoms with E-state index < -0.39 is 5.60 Å². The van der Waals surface area contributed by atoms with Gasteiger partial charge in [-0.15, -0.1) is 0 Å². The van der Waals surface area contributed by atoms with Gasteiger partial charge in [-0.2, -0.15) is 4.98 Å². The fraction of sp³-hybridized carbons (Fsp3) is 0.560. The molecule has 1 saturated heterocycles. The minimum Gasteiger partial charge on any atom is -0.444 e. The van der Waals surface area contributed by atoms with Crippen LogP contribution < -0.4 is 26.6 Å². The molecule has 2 fully saturated rings. The van der Waals surface area contributed by atoms with Crippen molar-refractivity contribution in [2.75, 3.05) is 34.4 Å². The maximum atomic E-state index is 12.0. The molecule has 0 unspecified atom stereocenters. The molecular weight excluding hydrogens is 430 g/mol. The summed E-state index contributed by atoms with van der Waals surface area (Å²) < 4.78 is 5.37. The van der Waals surface area contributed by atoms with Crippen LogP contribution in [0.2, 0.25) is 0 Å². The zero-order valence-corrected chi connectivity index (χ0v) is 20.4. The topological polar surface area (TPSA) is 117 Å². The predicted octanol–water partition coefficient (Wildman–Crippen LogP) is 4.65. The van der Waals surface area contributed by atoms with E-state index in [1.165, 1.54) is 12.8 Å². The molecule has 2 aliphatic rings. The maximum absolute atomic E-state index is 12.0. The quantitative estimate of drug-likeness (QED) is 0.485. The van der Waals surface area contributed by atoms with Crippen LogP contribution in [0.4, 0.5) is 33.6 Å². The maximum Gasteiger partial charge on any atom is 0.407 e. The minimum atomic E-state index is -0.480. The monoisotopic (exact) mass is 467 g/mol. The van der Waals surface area contributed by atoms with Crippen LogP contribution in [0.15, 0.2) is 30.5 Å². The summed E-state index contributed by atoms with van der Waals surface area (Å²) in [6.45, 7) is 7.38. The van der Waals surface area contributed by atoms with Gasteiger partial charge >= 0.3 is 6.09 Å². The number of aromatic nitrogens is 2. The Hall–Kier alpha value is -3.23. The molecule has 2 heterocycles. The van der Waals surface area contributed by atoms with Crippen molar-refractivity contribution in [3.05, 3.63) is 30.5 Å². The number of alkyl carbamates (subject to hydrolysis) is 1. The van der Waals surface area contributed by atoms with Crippen molar-refractivity contribution in [1.29, 1.82) is 0 Å². The first kappa shape index (κ1) is 23.9. The predicted molar refractivity (Wildman–Crippen MR) is 137 cm³/mol. The molecule has 34 heavy (non-hydrogen) atoms. The molecule has 5 N–H and O–H groups in total. The lowest BCUT2D eigenvalue weighted by Gasteiger charge is -2.34. The van der Waals surface area contributed by atoms with Crippen molar-refractivity contribution in [3.8, 4) is 0 Å². The summed E-state index contributed by atoms with van der Waals surface area (Å²) in [6.07, 6.45) is 7.88. The van der Waals surface area contributed by atoms with Gasteiger partial charge in [0.2, 0.25) is 5.95 Å². The highest BCUT2D eigenvalue weighted by Crippen LogP contribution is 2.27. The lowest BCUT2D eigenvalue weighted by atomic mass is 10.0. The molecule has 0 radical (unpaired) electrons. The number of nitrogens with zero attached hydrogens (tertiary/aromatic N) is 3. The van der Waals surface area contributed by atoms with E-state index in [-0.39, 0.29) is 12.1 Å². The first-order chi connectivity index (χ1) is 16.2. The Balaban J connectivity index is 1.29. The molecule has 1 aromatic carbocycles. The van der Waals surface area contributed by atoms with Crippen LogP contribution in [0.1, 0.15) is 59.3 Å². The number of carbonyl (C=O) groups excluding carboxylic acids is 1. The number of nitrogens with one attached hydrogen (secondary N) is 3. The van der Waals surface area contributed by atoms with Gasteiger partial charge in [0.1, 0.15) is 5.60 Å². The summed E-state index contributed by atoms with van der Waals surface area (Å²) in [5, 5.41) is 9.72. The number of carbonyl (C=O) groups is 1. The van der Waals surface area contributed by atoms with Crippen LogP contribution in [-0.2, 0) is 4.74 Å². The highest BCUT2D eigenvalue weighted by molar-refractivity contribution is 5.68. The third-order valence-corrected chi connectivity index (χ3v) is 6.22. The van der Waals surface area contributed by atoms with Crippen LogP contribution in [0, 0.1) is 0 Å². The lowest BCUT2D eigenvalue weighted by molar-refractivity contribution is 0.0497. The fourth-order valence-electron chi connectivity index (χ4n) is 4.47. The Morgan fingerprint density at radius 2 is 1.74 bits per heavy atom. The normalized spacial score (nSPS) is 17.4. The Bertz CT molecular complexity index is 960. The summed E-state index contributed by atoms with van der Waals surface area (Å²) >= 11 is 0. The molecule has 0 spiro atoms. The second-order valence-electron chi connectivity index (χ2n) is 10.2. The van der Waals surface area contributed by atoms with E-state index in [0.717, 1.165) is 50.1 Å². The van der Waals surface area contributed by atoms with E-state index >= 15 is 0 Å². The number of piperidine rings is 1. The summed E-state index contributed by atoms with van der Waals surface area (Å²) in [5.74, 6) is 1.22. The van der Waals surface area contributed by atoms with E-state index in [1.807, 2.05) is 32.9 Å². The van der Waals surface area contributed by atoms with E-state index in [2.05, 4.69) is 43.0 Å². The van der Waals surface area contributed by atoms with Crippen LogP contribution in [0.3, 0.4) is 0 Å². The number of hydrogen-bond donors (Lipinski definition) is 4. The molecule has 1 saturated carbocycles. The van der Waals surface area contributed by atoms with Crippen molar-refractivity contribution < 1.29 is 9.53 Å². The van der Waals surface area contributed by atoms with Crippen molar-refractivity contribution in [1.82, 2.24) is 15.3 Å². The van der Waals surface area contributed by atoms with Crippen LogP contribution in [0.25, 0.3) is 0 Å². The van der Waals surface area contributed by atoms with Crippen LogP contribution in [-0.4, -0.2) is 46.8 Å². The van der Waals surface area contributed by atoms with Gasteiger partial charge in [-0.1, -0.05) is 12.8 Å². The number of ether oxygens (including phenoxy) is 1. The molecular formula is C25H37N7O2. The number of hydrogen-bond acceptors (Lipinski definition) is 8. The number of rotatable bonds is 6. The Morgan fingerprint density at radius 1 is 1.06 bits per heavy atom. The van der Waals surface area contributed by atoms with Crippen LogP contribution >= 0.6 is 0 Å². The summed E-state index contributed by atoms with van der Waals surface area (Å²) in [6, 6.07) is 8.83. The Morgan fingerprint density at radius 3 is 2.38 bits per heavy atom. The Labute approximate surface area is 201 Å². The molecule has 0 atom stereocenters. The van der Waals surface area contributed by atoms with E-state index in [9.17, 15) is 4.79 Å². The number of nitrogens with two attached hydrogens (primary N) is 1. The van der Waals surface area contributed by atoms with Gasteiger partial charge in [0.15, 0.2) is 5.82 Å². The molecule has 1 aliphatic heterocycles. The molecule has 1 amide bonds. The zero-order valence-electron chi connectivity index (χ0n) is 20.4. The molecule has 2 aromatic rings. The fourth-order valence-corrected chi connectivity index (χ4v) is 4.47. The Kier molecular flexibility index (Phi) is 7.29. The van der Waals surface area contributed by atoms with Gasteiger partial charge in [0.05, 0.1) is 11.9 Å². The number of nitrogen functional groups attached to an aromatic ring is 1. The average Bonchev–Trinajstić information content (AvgIpc) is 3.29. The number of amides is 1. The SMILES string of the molecule is CC(C)(C)OC(=O)NC1CCN(c2ccc(Nc3ncc(N)c(NC4CCCC4)n3)cc2)CC1. The average molecular weight is 468 g/mol. The number of benzene rings is 1. The number of anilines is 5. The molecule has 9 heteroatoms. The van der Waals surface area contributed by atoms with Gasteiger partial charge in [-0.3, -0.25) is 0 Å². The van der Waals surface area contributed by atoms with Gasteiger partial charge in [-0.25, -0.2) is 9.78 Å². The summed E-state index contributed by atoms with van der Waals surface area (Å²) in [5.41, 5.74) is 8.24. The van der Waals surface area contributed by atoms with E-state index in [1.54, 1.807) is 6.20 Å². The summed E-state index contributed by atoms with van der Waals surface area (Å²) in [4.78, 5) is 23.3. The second kappa shape index (κ2) is 10.4. The zero-order chi connectivity index (χ0) is 24.1. The first-order valence-corrected chi connectivity index (χ1v) is 12.3. The van der Waals surface area contributed by atoms with Gasteiger partial charge in [0.25, 0.3) is 0 Å². The van der Waals surface area contributed by atoms with Crippen molar-refractivity contribution in [2.24, 2.45) is 0 Å². The minimum absolute atomic E-state index is 0.141. The summed E-state index contributed by atoms with van der Waals surface area (Å²) in [7, 11) is 0. The molecule has 1 aliphatic carbocycles. The molecule has 4 rings (SSSR count). The smallest absolute Gasteiger partial charge is 0.407 e. The van der Waals surface area contributed by atoms with Gasteiger partial charge in [-0.05, 0) is 70.7 Å². The van der Waals surface area contributed by atoms with E-state index in [4.69, 9.17) is 10.5 Å². The third kappa shape index (κ3) is 6.65. The first-order valence-electron chi connectivity index (χ1n) is 12.3. The van der Waals surface area contributed by atoms with Crippen molar-refractivity contribution in [3.63, 3.8) is 0 Å².